The van der Waals surface area contributed by atoms with Crippen molar-refractivity contribution in [1.29, 1.82) is 0 Å². The number of para-hydroxylation sites is 1. The molecular weight excluding hydrogens is 384 g/mol. The van der Waals surface area contributed by atoms with Gasteiger partial charge in [0.05, 0.1) is 7.05 Å². The molecule has 1 aliphatic rings. The van der Waals surface area contributed by atoms with E-state index in [9.17, 15) is 4.79 Å². The lowest BCUT2D eigenvalue weighted by atomic mass is 10.1. The highest BCUT2D eigenvalue weighted by Gasteiger charge is 2.19. The molecule has 1 amide bonds. The summed E-state index contributed by atoms with van der Waals surface area (Å²) in [7, 11) is 2.00. The molecule has 0 spiro atoms. The van der Waals surface area contributed by atoms with Gasteiger partial charge in [0.15, 0.2) is 18.0 Å². The molecule has 6 heteroatoms. The van der Waals surface area contributed by atoms with Gasteiger partial charge in [-0.2, -0.15) is 0 Å². The van der Waals surface area contributed by atoms with Gasteiger partial charge in [0, 0.05) is 15.7 Å². The molecule has 1 atom stereocenters. The summed E-state index contributed by atoms with van der Waals surface area (Å²) in [6.45, 7) is 5.35. The molecule has 25 heavy (non-hydrogen) atoms. The van der Waals surface area contributed by atoms with E-state index in [0.29, 0.717) is 13.1 Å². The third-order valence-corrected chi connectivity index (χ3v) is 4.98. The number of hydrogen-bond donors (Lipinski definition) is 2. The van der Waals surface area contributed by atoms with Crippen molar-refractivity contribution in [3.8, 4) is 11.5 Å². The summed E-state index contributed by atoms with van der Waals surface area (Å²) < 4.78 is 11.8. The molecule has 0 saturated heterocycles. The standard InChI is InChI=1S/C19H21BrN2O3/c1-12-5-4-6-13(2)19(12)21-18(23)10-22(3)9-14-7-16-17(8-15(14)20)25-11-24-16/h4-8H,9-11H2,1-3H3,(H,21,23)/p+1. The van der Waals surface area contributed by atoms with Gasteiger partial charge in [-0.25, -0.2) is 0 Å². The molecule has 2 aromatic carbocycles. The Bertz CT molecular complexity index is 787. The molecule has 0 fully saturated rings. The number of ether oxygens (including phenoxy) is 2. The summed E-state index contributed by atoms with van der Waals surface area (Å²) in [6, 6.07) is 9.89. The molecule has 2 N–H and O–H groups in total. The zero-order valence-corrected chi connectivity index (χ0v) is 16.2. The quantitative estimate of drug-likeness (QED) is 0.802. The van der Waals surface area contributed by atoms with Gasteiger partial charge in [-0.15, -0.1) is 0 Å². The van der Waals surface area contributed by atoms with Gasteiger partial charge in [-0.3, -0.25) is 4.79 Å². The van der Waals surface area contributed by atoms with Crippen LogP contribution in [0.25, 0.3) is 0 Å². The number of nitrogens with one attached hydrogen (secondary N) is 2. The highest BCUT2D eigenvalue weighted by atomic mass is 79.9. The molecule has 1 aliphatic heterocycles. The fourth-order valence-corrected chi connectivity index (χ4v) is 3.41. The van der Waals surface area contributed by atoms with Crippen LogP contribution in [0.1, 0.15) is 16.7 Å². The molecule has 0 aliphatic carbocycles. The lowest BCUT2D eigenvalue weighted by Crippen LogP contribution is -3.08. The first-order valence-electron chi connectivity index (χ1n) is 8.19. The largest absolute Gasteiger partial charge is 0.454 e. The number of rotatable bonds is 5. The second-order valence-electron chi connectivity index (χ2n) is 6.42. The summed E-state index contributed by atoms with van der Waals surface area (Å²) in [5, 5.41) is 3.04. The highest BCUT2D eigenvalue weighted by molar-refractivity contribution is 9.10. The number of anilines is 1. The normalized spacial score (nSPS) is 13.6. The number of quaternary nitrogens is 1. The lowest BCUT2D eigenvalue weighted by Gasteiger charge is -2.16. The predicted molar refractivity (Wildman–Crippen MR) is 100 cm³/mol. The molecule has 0 bridgehead atoms. The second-order valence-corrected chi connectivity index (χ2v) is 7.28. The van der Waals surface area contributed by atoms with Crippen molar-refractivity contribution in [2.24, 2.45) is 0 Å². The Morgan fingerprint density at radius 2 is 1.84 bits per heavy atom. The van der Waals surface area contributed by atoms with Gasteiger partial charge < -0.3 is 19.7 Å². The molecule has 2 aromatic rings. The SMILES string of the molecule is Cc1cccc(C)c1NC(=O)C[NH+](C)Cc1cc2c(cc1Br)OCO2. The molecule has 1 unspecified atom stereocenters. The predicted octanol–water partition coefficient (Wildman–Crippen LogP) is 2.45. The number of likely N-dealkylation sites (N-methyl/N-ethyl adjacent to an activating group) is 1. The molecule has 1 heterocycles. The topological polar surface area (TPSA) is 52.0 Å². The summed E-state index contributed by atoms with van der Waals surface area (Å²) in [4.78, 5) is 13.5. The van der Waals surface area contributed by atoms with E-state index in [2.05, 4.69) is 21.2 Å². The minimum absolute atomic E-state index is 0.00626. The van der Waals surface area contributed by atoms with E-state index in [-0.39, 0.29) is 12.7 Å². The molecule has 0 aromatic heterocycles. The average Bonchev–Trinajstić information content (AvgIpc) is 2.98. The van der Waals surface area contributed by atoms with Crippen LogP contribution in [0, 0.1) is 13.8 Å². The Morgan fingerprint density at radius 3 is 2.52 bits per heavy atom. The zero-order chi connectivity index (χ0) is 18.0. The van der Waals surface area contributed by atoms with Crippen LogP contribution in [0.15, 0.2) is 34.8 Å². The average molecular weight is 406 g/mol. The number of aryl methyl sites for hydroxylation is 2. The number of carbonyl (C=O) groups is 1. The molecule has 0 radical (unpaired) electrons. The Hall–Kier alpha value is -2.05. The number of halogens is 1. The van der Waals surface area contributed by atoms with E-state index in [1.165, 1.54) is 0 Å². The van der Waals surface area contributed by atoms with Gasteiger partial charge in [0.1, 0.15) is 6.54 Å². The molecule has 5 nitrogen and oxygen atoms in total. The van der Waals surface area contributed by atoms with Crippen LogP contribution < -0.4 is 19.7 Å². The third kappa shape index (κ3) is 4.14. The summed E-state index contributed by atoms with van der Waals surface area (Å²) >= 11 is 3.57. The second kappa shape index (κ2) is 7.45. The van der Waals surface area contributed by atoms with Crippen LogP contribution in [0.5, 0.6) is 11.5 Å². The zero-order valence-electron chi connectivity index (χ0n) is 14.6. The number of carbonyl (C=O) groups excluding carboxylic acids is 1. The maximum absolute atomic E-state index is 12.4. The maximum atomic E-state index is 12.4. The van der Waals surface area contributed by atoms with E-state index < -0.39 is 0 Å². The molecule has 132 valence electrons. The van der Waals surface area contributed by atoms with Crippen LogP contribution in [-0.2, 0) is 11.3 Å². The van der Waals surface area contributed by atoms with Crippen molar-refractivity contribution in [3.05, 3.63) is 51.5 Å². The van der Waals surface area contributed by atoms with Crippen molar-refractivity contribution in [2.75, 3.05) is 25.7 Å². The minimum atomic E-state index is 0.00626. The Morgan fingerprint density at radius 1 is 1.20 bits per heavy atom. The van der Waals surface area contributed by atoms with E-state index in [1.807, 2.05) is 51.2 Å². The third-order valence-electron chi connectivity index (χ3n) is 4.24. The first kappa shape index (κ1) is 17.8. The molecular formula is C19H22BrN2O3+. The summed E-state index contributed by atoms with van der Waals surface area (Å²) in [5.41, 5.74) is 4.14. The van der Waals surface area contributed by atoms with Crippen molar-refractivity contribution in [1.82, 2.24) is 0 Å². The summed E-state index contributed by atoms with van der Waals surface area (Å²) in [6.07, 6.45) is 0. The van der Waals surface area contributed by atoms with Crippen molar-refractivity contribution in [2.45, 2.75) is 20.4 Å². The lowest BCUT2D eigenvalue weighted by molar-refractivity contribution is -0.885. The van der Waals surface area contributed by atoms with Crippen LogP contribution in [0.2, 0.25) is 0 Å². The fourth-order valence-electron chi connectivity index (χ4n) is 2.95. The van der Waals surface area contributed by atoms with Crippen LogP contribution in [0.3, 0.4) is 0 Å². The van der Waals surface area contributed by atoms with Crippen LogP contribution >= 0.6 is 15.9 Å². The Balaban J connectivity index is 1.63. The number of benzene rings is 2. The number of fused-ring (bicyclic) bond motifs is 1. The van der Waals surface area contributed by atoms with Crippen molar-refractivity contribution in [3.63, 3.8) is 0 Å². The smallest absolute Gasteiger partial charge is 0.279 e. The monoisotopic (exact) mass is 405 g/mol. The van der Waals surface area contributed by atoms with Crippen LogP contribution in [0.4, 0.5) is 5.69 Å². The highest BCUT2D eigenvalue weighted by Crippen LogP contribution is 2.36. The van der Waals surface area contributed by atoms with Crippen LogP contribution in [-0.4, -0.2) is 26.3 Å². The van der Waals surface area contributed by atoms with Gasteiger partial charge >= 0.3 is 0 Å². The van der Waals surface area contributed by atoms with E-state index in [4.69, 9.17) is 9.47 Å². The minimum Gasteiger partial charge on any atom is -0.454 e. The fraction of sp³-hybridized carbons (Fsp3) is 0.316. The molecule has 3 rings (SSSR count). The van der Waals surface area contributed by atoms with E-state index >= 15 is 0 Å². The van der Waals surface area contributed by atoms with E-state index in [1.54, 1.807) is 0 Å². The Labute approximate surface area is 156 Å². The van der Waals surface area contributed by atoms with Gasteiger partial charge in [0.25, 0.3) is 5.91 Å². The van der Waals surface area contributed by atoms with Gasteiger partial charge in [-0.1, -0.05) is 34.1 Å². The van der Waals surface area contributed by atoms with Crippen molar-refractivity contribution >= 4 is 27.5 Å². The Kier molecular flexibility index (Phi) is 5.30. The first-order chi connectivity index (χ1) is 11.9. The number of amides is 1. The van der Waals surface area contributed by atoms with Gasteiger partial charge in [0.2, 0.25) is 6.79 Å². The maximum Gasteiger partial charge on any atom is 0.279 e. The molecule has 0 saturated carbocycles. The summed E-state index contributed by atoms with van der Waals surface area (Å²) in [5.74, 6) is 1.51. The number of hydrogen-bond acceptors (Lipinski definition) is 3. The first-order valence-corrected chi connectivity index (χ1v) is 8.98. The van der Waals surface area contributed by atoms with E-state index in [0.717, 1.165) is 43.2 Å². The van der Waals surface area contributed by atoms with Crippen molar-refractivity contribution < 1.29 is 19.2 Å². The van der Waals surface area contributed by atoms with Gasteiger partial charge in [-0.05, 0) is 37.1 Å².